The van der Waals surface area contributed by atoms with Gasteiger partial charge in [-0.2, -0.15) is 4.98 Å². The predicted octanol–water partition coefficient (Wildman–Crippen LogP) is 3.41. The Bertz CT molecular complexity index is 642. The molecule has 2 aromatic rings. The Labute approximate surface area is 126 Å². The van der Waals surface area contributed by atoms with Crippen LogP contribution < -0.4 is 4.74 Å². The molecule has 1 aromatic carbocycles. The average Bonchev–Trinajstić information content (AvgIpc) is 2.83. The molecule has 0 saturated carbocycles. The third-order valence-corrected chi connectivity index (χ3v) is 2.87. The van der Waals surface area contributed by atoms with Crippen LogP contribution in [0.1, 0.15) is 25.6 Å². The molecule has 112 valence electrons. The van der Waals surface area contributed by atoms with Crippen LogP contribution in [0.3, 0.4) is 0 Å². The highest BCUT2D eigenvalue weighted by Crippen LogP contribution is 2.29. The Balaban J connectivity index is 1.99. The summed E-state index contributed by atoms with van der Waals surface area (Å²) in [6, 6.07) is 3.99. The molecule has 0 aliphatic carbocycles. The number of ether oxygens (including phenoxy) is 1. The molecule has 0 unspecified atom stereocenters. The molecule has 0 N–H and O–H groups in total. The smallest absolute Gasteiger partial charge is 0.271 e. The van der Waals surface area contributed by atoms with Crippen LogP contribution in [0.15, 0.2) is 22.7 Å². The summed E-state index contributed by atoms with van der Waals surface area (Å²) >= 11 is 5.92. The van der Waals surface area contributed by atoms with Crippen molar-refractivity contribution in [3.63, 3.8) is 0 Å². The van der Waals surface area contributed by atoms with Crippen molar-refractivity contribution in [2.45, 2.75) is 26.9 Å². The molecule has 0 fully saturated rings. The number of aromatic nitrogens is 2. The summed E-state index contributed by atoms with van der Waals surface area (Å²) in [5.74, 6) is 1.71. The summed E-state index contributed by atoms with van der Waals surface area (Å²) in [5.41, 5.74) is -0.0932. The van der Waals surface area contributed by atoms with Crippen LogP contribution >= 0.6 is 11.6 Å². The molecule has 0 aliphatic heterocycles. The Morgan fingerprint density at radius 2 is 2.24 bits per heavy atom. The SMILES string of the molecule is CC(C)Cc1noc(COc2ccc([N+](=O)[O-])cc2Cl)n1. The molecule has 0 amide bonds. The Morgan fingerprint density at radius 1 is 1.48 bits per heavy atom. The maximum atomic E-state index is 10.6. The predicted molar refractivity (Wildman–Crippen MR) is 75.3 cm³/mol. The topological polar surface area (TPSA) is 91.3 Å². The highest BCUT2D eigenvalue weighted by Gasteiger charge is 2.12. The van der Waals surface area contributed by atoms with Crippen molar-refractivity contribution in [1.29, 1.82) is 0 Å². The fourth-order valence-corrected chi connectivity index (χ4v) is 1.89. The molecule has 7 nitrogen and oxygen atoms in total. The lowest BCUT2D eigenvalue weighted by molar-refractivity contribution is -0.384. The van der Waals surface area contributed by atoms with Crippen LogP contribution in [0.2, 0.25) is 5.02 Å². The molecule has 0 spiro atoms. The standard InChI is InChI=1S/C13H14ClN3O4/c1-8(2)5-12-15-13(21-16-12)7-20-11-4-3-9(17(18)19)6-10(11)14/h3-4,6,8H,5,7H2,1-2H3. The van der Waals surface area contributed by atoms with Gasteiger partial charge in [-0.15, -0.1) is 0 Å². The first kappa shape index (κ1) is 15.2. The second-order valence-corrected chi connectivity index (χ2v) is 5.27. The summed E-state index contributed by atoms with van der Waals surface area (Å²) < 4.78 is 10.5. The number of halogens is 1. The van der Waals surface area contributed by atoms with Gasteiger partial charge in [0.05, 0.1) is 9.95 Å². The van der Waals surface area contributed by atoms with Gasteiger partial charge in [-0.05, 0) is 12.0 Å². The maximum absolute atomic E-state index is 10.6. The molecular formula is C13H14ClN3O4. The number of nitro groups is 1. The molecule has 2 rings (SSSR count). The number of hydrogen-bond donors (Lipinski definition) is 0. The number of nitro benzene ring substituents is 1. The van der Waals surface area contributed by atoms with Gasteiger partial charge in [0.2, 0.25) is 0 Å². The van der Waals surface area contributed by atoms with Gasteiger partial charge in [-0.3, -0.25) is 10.1 Å². The quantitative estimate of drug-likeness (QED) is 0.599. The highest BCUT2D eigenvalue weighted by molar-refractivity contribution is 6.32. The fraction of sp³-hybridized carbons (Fsp3) is 0.385. The lowest BCUT2D eigenvalue weighted by Gasteiger charge is -2.04. The summed E-state index contributed by atoms with van der Waals surface area (Å²) in [5, 5.41) is 14.6. The Hall–Kier alpha value is -2.15. The van der Waals surface area contributed by atoms with E-state index in [0.29, 0.717) is 23.4 Å². The third-order valence-electron chi connectivity index (χ3n) is 2.58. The van der Waals surface area contributed by atoms with Gasteiger partial charge >= 0.3 is 0 Å². The minimum atomic E-state index is -0.522. The van der Waals surface area contributed by atoms with Crippen LogP contribution in [0.25, 0.3) is 0 Å². The molecular weight excluding hydrogens is 298 g/mol. The molecule has 21 heavy (non-hydrogen) atoms. The zero-order chi connectivity index (χ0) is 15.4. The van der Waals surface area contributed by atoms with E-state index in [-0.39, 0.29) is 17.3 Å². The molecule has 0 bridgehead atoms. The van der Waals surface area contributed by atoms with E-state index in [4.69, 9.17) is 20.9 Å². The lowest BCUT2D eigenvalue weighted by Crippen LogP contribution is -1.99. The van der Waals surface area contributed by atoms with Gasteiger partial charge in [0.1, 0.15) is 5.75 Å². The van der Waals surface area contributed by atoms with Gasteiger partial charge < -0.3 is 9.26 Å². The molecule has 0 atom stereocenters. The van der Waals surface area contributed by atoms with Crippen molar-refractivity contribution in [2.75, 3.05) is 0 Å². The zero-order valence-electron chi connectivity index (χ0n) is 11.6. The third kappa shape index (κ3) is 4.16. The average molecular weight is 312 g/mol. The van der Waals surface area contributed by atoms with E-state index in [2.05, 4.69) is 24.0 Å². The van der Waals surface area contributed by atoms with Gasteiger partial charge in [0.25, 0.3) is 11.6 Å². The molecule has 8 heteroatoms. The van der Waals surface area contributed by atoms with Crippen molar-refractivity contribution in [1.82, 2.24) is 10.1 Å². The zero-order valence-corrected chi connectivity index (χ0v) is 12.3. The largest absolute Gasteiger partial charge is 0.482 e. The summed E-state index contributed by atoms with van der Waals surface area (Å²) in [6.07, 6.45) is 0.724. The number of rotatable bonds is 6. The van der Waals surface area contributed by atoms with Gasteiger partial charge in [-0.25, -0.2) is 0 Å². The molecule has 0 saturated heterocycles. The first-order chi connectivity index (χ1) is 9.95. The molecule has 0 radical (unpaired) electrons. The van der Waals surface area contributed by atoms with E-state index >= 15 is 0 Å². The van der Waals surface area contributed by atoms with Crippen LogP contribution in [0, 0.1) is 16.0 Å². The number of non-ortho nitro benzene ring substituents is 1. The monoisotopic (exact) mass is 311 g/mol. The van der Waals surface area contributed by atoms with Gasteiger partial charge in [-0.1, -0.05) is 30.6 Å². The van der Waals surface area contributed by atoms with Gasteiger partial charge in [0.15, 0.2) is 12.4 Å². The maximum Gasteiger partial charge on any atom is 0.271 e. The second kappa shape index (κ2) is 6.53. The second-order valence-electron chi connectivity index (χ2n) is 4.86. The van der Waals surface area contributed by atoms with E-state index in [9.17, 15) is 10.1 Å². The van der Waals surface area contributed by atoms with Crippen LogP contribution in [-0.4, -0.2) is 15.1 Å². The van der Waals surface area contributed by atoms with Crippen molar-refractivity contribution in [3.05, 3.63) is 45.1 Å². The summed E-state index contributed by atoms with van der Waals surface area (Å²) in [4.78, 5) is 14.3. The lowest BCUT2D eigenvalue weighted by atomic mass is 10.1. The number of benzene rings is 1. The van der Waals surface area contributed by atoms with Crippen molar-refractivity contribution in [3.8, 4) is 5.75 Å². The number of hydrogen-bond acceptors (Lipinski definition) is 6. The minimum absolute atomic E-state index is 0.0582. The molecule has 1 aromatic heterocycles. The van der Waals surface area contributed by atoms with E-state index in [1.165, 1.54) is 18.2 Å². The first-order valence-electron chi connectivity index (χ1n) is 6.34. The molecule has 1 heterocycles. The highest BCUT2D eigenvalue weighted by atomic mass is 35.5. The summed E-state index contributed by atoms with van der Waals surface area (Å²) in [7, 11) is 0. The van der Waals surface area contributed by atoms with E-state index < -0.39 is 4.92 Å². The Morgan fingerprint density at radius 3 is 2.86 bits per heavy atom. The van der Waals surface area contributed by atoms with Crippen molar-refractivity contribution in [2.24, 2.45) is 5.92 Å². The van der Waals surface area contributed by atoms with E-state index in [0.717, 1.165) is 6.42 Å². The van der Waals surface area contributed by atoms with E-state index in [1.807, 2.05) is 0 Å². The molecule has 0 aliphatic rings. The van der Waals surface area contributed by atoms with Gasteiger partial charge in [0, 0.05) is 18.6 Å². The fourth-order valence-electron chi connectivity index (χ4n) is 1.66. The van der Waals surface area contributed by atoms with Crippen molar-refractivity contribution >= 4 is 17.3 Å². The minimum Gasteiger partial charge on any atom is -0.482 e. The Kier molecular flexibility index (Phi) is 4.74. The van der Waals surface area contributed by atoms with Crippen LogP contribution in [-0.2, 0) is 13.0 Å². The van der Waals surface area contributed by atoms with Crippen LogP contribution in [0.4, 0.5) is 5.69 Å². The number of nitrogens with zero attached hydrogens (tertiary/aromatic N) is 3. The van der Waals surface area contributed by atoms with E-state index in [1.54, 1.807) is 0 Å². The van der Waals surface area contributed by atoms with Crippen LogP contribution in [0.5, 0.6) is 5.75 Å². The normalized spacial score (nSPS) is 10.9. The first-order valence-corrected chi connectivity index (χ1v) is 6.71. The summed E-state index contributed by atoms with van der Waals surface area (Å²) in [6.45, 7) is 4.18. The van der Waals surface area contributed by atoms with Crippen molar-refractivity contribution < 1.29 is 14.2 Å².